The van der Waals surface area contributed by atoms with Gasteiger partial charge in [-0.25, -0.2) is 0 Å². The number of hydrogen-bond donors (Lipinski definition) is 1. The third-order valence-electron chi connectivity index (χ3n) is 3.86. The molecule has 0 saturated carbocycles. The fourth-order valence-corrected chi connectivity index (χ4v) is 2.78. The van der Waals surface area contributed by atoms with E-state index in [0.717, 1.165) is 0 Å². The average molecular weight is 269 g/mol. The molecule has 0 aliphatic heterocycles. The van der Waals surface area contributed by atoms with Crippen molar-refractivity contribution in [1.82, 2.24) is 4.98 Å². The summed E-state index contributed by atoms with van der Waals surface area (Å²) < 4.78 is 0. The van der Waals surface area contributed by atoms with Crippen LogP contribution in [0.3, 0.4) is 0 Å². The number of hydrogen-bond acceptors (Lipinski definition) is 1. The molecule has 2 heteroatoms. The van der Waals surface area contributed by atoms with Gasteiger partial charge in [-0.2, -0.15) is 0 Å². The molecular formula is C18H25N2+. The molecule has 0 amide bonds. The van der Waals surface area contributed by atoms with Crippen LogP contribution in [-0.2, 0) is 0 Å². The molecule has 0 saturated heterocycles. The van der Waals surface area contributed by atoms with Gasteiger partial charge in [0.15, 0.2) is 5.69 Å². The minimum absolute atomic E-state index is 0.613. The predicted molar refractivity (Wildman–Crippen MR) is 84.6 cm³/mol. The van der Waals surface area contributed by atoms with Gasteiger partial charge in [-0.3, -0.25) is 9.88 Å². The Bertz CT molecular complexity index is 442. The first-order valence-electron chi connectivity index (χ1n) is 7.69. The topological polar surface area (TPSA) is 17.3 Å². The summed E-state index contributed by atoms with van der Waals surface area (Å²) in [7, 11) is 0. The molecule has 0 bridgehead atoms. The zero-order valence-electron chi connectivity index (χ0n) is 12.5. The number of pyridine rings is 1. The second-order valence-electron chi connectivity index (χ2n) is 5.27. The summed E-state index contributed by atoms with van der Waals surface area (Å²) in [5.74, 6) is 0. The lowest BCUT2D eigenvalue weighted by Crippen LogP contribution is -3.06. The van der Waals surface area contributed by atoms with Crippen LogP contribution in [-0.4, -0.2) is 11.0 Å². The van der Waals surface area contributed by atoms with Crippen molar-refractivity contribution in [2.75, 3.05) is 0 Å². The second kappa shape index (κ2) is 7.81. The van der Waals surface area contributed by atoms with Crippen LogP contribution in [0.1, 0.15) is 39.5 Å². The Hall–Kier alpha value is -1.67. The van der Waals surface area contributed by atoms with Crippen LogP contribution in [0.5, 0.6) is 0 Å². The highest BCUT2D eigenvalue weighted by Crippen LogP contribution is 2.12. The Labute approximate surface area is 122 Å². The highest BCUT2D eigenvalue weighted by atomic mass is 15.2. The zero-order chi connectivity index (χ0) is 14.2. The van der Waals surface area contributed by atoms with Crippen molar-refractivity contribution in [3.63, 3.8) is 0 Å². The predicted octanol–water partition coefficient (Wildman–Crippen LogP) is 3.90. The summed E-state index contributed by atoms with van der Waals surface area (Å²) in [6.45, 7) is 4.55. The van der Waals surface area contributed by atoms with Crippen molar-refractivity contribution in [2.24, 2.45) is 0 Å². The minimum atomic E-state index is 0.613. The SMILES string of the molecule is CCCCC(CC)[NH+](c1ccccc1)c1cccnc1. The van der Waals surface area contributed by atoms with Crippen molar-refractivity contribution < 1.29 is 4.90 Å². The van der Waals surface area contributed by atoms with E-state index in [4.69, 9.17) is 0 Å². The number of nitrogens with one attached hydrogen (secondary N) is 1. The maximum atomic E-state index is 4.31. The molecule has 1 aromatic carbocycles. The lowest BCUT2D eigenvalue weighted by molar-refractivity contribution is -0.792. The number of aromatic nitrogens is 1. The van der Waals surface area contributed by atoms with Gasteiger partial charge < -0.3 is 0 Å². The molecule has 106 valence electrons. The van der Waals surface area contributed by atoms with Crippen molar-refractivity contribution in [3.05, 3.63) is 54.9 Å². The van der Waals surface area contributed by atoms with Crippen LogP contribution in [0.25, 0.3) is 0 Å². The molecule has 2 nitrogen and oxygen atoms in total. The number of rotatable bonds is 7. The molecule has 20 heavy (non-hydrogen) atoms. The molecule has 2 rings (SSSR count). The number of nitrogens with zero attached hydrogens (tertiary/aromatic N) is 1. The largest absolute Gasteiger partial charge is 0.266 e. The monoisotopic (exact) mass is 269 g/mol. The second-order valence-corrected chi connectivity index (χ2v) is 5.27. The summed E-state index contributed by atoms with van der Waals surface area (Å²) in [6, 6.07) is 15.6. The normalized spacial score (nSPS) is 13.9. The number of benzene rings is 1. The summed E-state index contributed by atoms with van der Waals surface area (Å²) in [6.07, 6.45) is 8.82. The van der Waals surface area contributed by atoms with Gasteiger partial charge in [0.25, 0.3) is 0 Å². The zero-order valence-corrected chi connectivity index (χ0v) is 12.5. The van der Waals surface area contributed by atoms with E-state index in [1.165, 1.54) is 42.0 Å². The van der Waals surface area contributed by atoms with Crippen molar-refractivity contribution in [2.45, 2.75) is 45.6 Å². The quantitative estimate of drug-likeness (QED) is 0.807. The smallest absolute Gasteiger partial charge is 0.154 e. The maximum Gasteiger partial charge on any atom is 0.154 e. The van der Waals surface area contributed by atoms with E-state index in [1.807, 2.05) is 18.5 Å². The van der Waals surface area contributed by atoms with E-state index >= 15 is 0 Å². The van der Waals surface area contributed by atoms with Crippen LogP contribution < -0.4 is 4.90 Å². The Morgan fingerprint density at radius 3 is 2.35 bits per heavy atom. The van der Waals surface area contributed by atoms with Gasteiger partial charge >= 0.3 is 0 Å². The van der Waals surface area contributed by atoms with Crippen LogP contribution in [0.4, 0.5) is 11.4 Å². The molecule has 2 unspecified atom stereocenters. The average Bonchev–Trinajstić information content (AvgIpc) is 2.53. The van der Waals surface area contributed by atoms with E-state index in [0.29, 0.717) is 6.04 Å². The third kappa shape index (κ3) is 3.67. The van der Waals surface area contributed by atoms with Crippen LogP contribution in [0, 0.1) is 0 Å². The molecule has 0 spiro atoms. The third-order valence-corrected chi connectivity index (χ3v) is 3.86. The molecule has 1 aromatic heterocycles. The van der Waals surface area contributed by atoms with Gasteiger partial charge in [0.2, 0.25) is 0 Å². The Balaban J connectivity index is 2.33. The van der Waals surface area contributed by atoms with Crippen molar-refractivity contribution in [1.29, 1.82) is 0 Å². The number of unbranched alkanes of at least 4 members (excludes halogenated alkanes) is 1. The van der Waals surface area contributed by atoms with Crippen LogP contribution >= 0.6 is 0 Å². The summed E-state index contributed by atoms with van der Waals surface area (Å²) >= 11 is 0. The minimum Gasteiger partial charge on any atom is -0.266 e. The Morgan fingerprint density at radius 2 is 1.75 bits per heavy atom. The van der Waals surface area contributed by atoms with E-state index in [9.17, 15) is 0 Å². The lowest BCUT2D eigenvalue weighted by atomic mass is 10.0. The van der Waals surface area contributed by atoms with Gasteiger partial charge in [0.1, 0.15) is 5.69 Å². The fraction of sp³-hybridized carbons (Fsp3) is 0.389. The Morgan fingerprint density at radius 1 is 1.00 bits per heavy atom. The first kappa shape index (κ1) is 14.7. The summed E-state index contributed by atoms with van der Waals surface area (Å²) in [5.41, 5.74) is 2.60. The molecule has 1 N–H and O–H groups in total. The molecule has 0 radical (unpaired) electrons. The fourth-order valence-electron chi connectivity index (χ4n) is 2.78. The van der Waals surface area contributed by atoms with Gasteiger partial charge in [0.05, 0.1) is 12.2 Å². The maximum absolute atomic E-state index is 4.31. The molecule has 0 aliphatic rings. The van der Waals surface area contributed by atoms with Crippen molar-refractivity contribution in [3.8, 4) is 0 Å². The standard InChI is InChI=1S/C18H24N2/c1-3-5-10-16(4-2)20(17-11-7-6-8-12-17)18-13-9-14-19-15-18/h6-9,11-16H,3-5,10H2,1-2H3/p+1. The molecule has 2 aromatic rings. The van der Waals surface area contributed by atoms with Gasteiger partial charge in [0, 0.05) is 18.7 Å². The van der Waals surface area contributed by atoms with E-state index in [2.05, 4.69) is 55.2 Å². The van der Waals surface area contributed by atoms with Crippen molar-refractivity contribution >= 4 is 11.4 Å². The molecule has 0 fully saturated rings. The highest BCUT2D eigenvalue weighted by Gasteiger charge is 2.24. The lowest BCUT2D eigenvalue weighted by Gasteiger charge is -2.27. The molecule has 1 heterocycles. The van der Waals surface area contributed by atoms with E-state index < -0.39 is 0 Å². The molecular weight excluding hydrogens is 244 g/mol. The summed E-state index contributed by atoms with van der Waals surface area (Å²) in [4.78, 5) is 5.76. The van der Waals surface area contributed by atoms with Crippen LogP contribution in [0.15, 0.2) is 54.9 Å². The molecule has 2 atom stereocenters. The highest BCUT2D eigenvalue weighted by molar-refractivity contribution is 5.35. The first-order chi connectivity index (χ1) is 9.86. The number of para-hydroxylation sites is 1. The van der Waals surface area contributed by atoms with Gasteiger partial charge in [-0.15, -0.1) is 0 Å². The van der Waals surface area contributed by atoms with Gasteiger partial charge in [-0.1, -0.05) is 38.5 Å². The van der Waals surface area contributed by atoms with E-state index in [-0.39, 0.29) is 0 Å². The summed E-state index contributed by atoms with van der Waals surface area (Å²) in [5, 5.41) is 0. The first-order valence-corrected chi connectivity index (χ1v) is 7.69. The van der Waals surface area contributed by atoms with E-state index in [1.54, 1.807) is 0 Å². The number of quaternary nitrogens is 1. The Kier molecular flexibility index (Phi) is 5.75. The molecule has 0 aliphatic carbocycles. The van der Waals surface area contributed by atoms with Gasteiger partial charge in [-0.05, 0) is 31.0 Å². The van der Waals surface area contributed by atoms with Crippen LogP contribution in [0.2, 0.25) is 0 Å².